The highest BCUT2D eigenvalue weighted by Crippen LogP contribution is 2.28. The molecular weight excluding hydrogens is 340 g/mol. The first kappa shape index (κ1) is 18.4. The Morgan fingerprint density at radius 3 is 2.79 bits per heavy atom. The molecule has 0 aliphatic heterocycles. The third-order valence-corrected chi connectivity index (χ3v) is 5.55. The Labute approximate surface area is 150 Å². The lowest BCUT2D eigenvalue weighted by Gasteiger charge is -2.14. The monoisotopic (exact) mass is 360 g/mol. The largest absolute Gasteiger partial charge is 0.301 e. The second-order valence-corrected chi connectivity index (χ2v) is 7.36. The van der Waals surface area contributed by atoms with Gasteiger partial charge in [-0.15, -0.1) is 11.3 Å². The maximum absolute atomic E-state index is 12.5. The number of nitrogens with one attached hydrogen (secondary N) is 1. The standard InChI is InChI=1S/C17H20N4OS2/c1-4-6-13-8-7-12(9-18)16(20-13)24-14(5-2)15(22)21-17-19-11(3)10-23-17/h7-8,10,14H,4-6H2,1-3H3,(H,19,21,22). The minimum absolute atomic E-state index is 0.108. The number of pyridine rings is 1. The summed E-state index contributed by atoms with van der Waals surface area (Å²) in [7, 11) is 0. The minimum Gasteiger partial charge on any atom is -0.301 e. The van der Waals surface area contributed by atoms with Gasteiger partial charge in [-0.2, -0.15) is 5.26 Å². The summed E-state index contributed by atoms with van der Waals surface area (Å²) in [5, 5.41) is 14.9. The molecule has 126 valence electrons. The lowest BCUT2D eigenvalue weighted by molar-refractivity contribution is -0.115. The van der Waals surface area contributed by atoms with Crippen LogP contribution in [0.1, 0.15) is 43.6 Å². The van der Waals surface area contributed by atoms with Crippen molar-refractivity contribution in [1.29, 1.82) is 5.26 Å². The zero-order valence-corrected chi connectivity index (χ0v) is 15.6. The van der Waals surface area contributed by atoms with E-state index >= 15 is 0 Å². The molecule has 0 spiro atoms. The van der Waals surface area contributed by atoms with Crippen molar-refractivity contribution in [2.45, 2.75) is 50.3 Å². The molecular formula is C17H20N4OS2. The van der Waals surface area contributed by atoms with E-state index in [-0.39, 0.29) is 11.2 Å². The van der Waals surface area contributed by atoms with Crippen LogP contribution in [0.3, 0.4) is 0 Å². The first-order valence-corrected chi connectivity index (χ1v) is 9.63. The number of carbonyl (C=O) groups is 1. The fourth-order valence-corrected chi connectivity index (χ4v) is 3.81. The average molecular weight is 361 g/mol. The van der Waals surface area contributed by atoms with Gasteiger partial charge in [-0.1, -0.05) is 32.0 Å². The summed E-state index contributed by atoms with van der Waals surface area (Å²) in [5.41, 5.74) is 2.35. The van der Waals surface area contributed by atoms with Gasteiger partial charge in [0.1, 0.15) is 11.1 Å². The number of aromatic nitrogens is 2. The molecule has 2 rings (SSSR count). The van der Waals surface area contributed by atoms with Crippen molar-refractivity contribution in [2.75, 3.05) is 5.32 Å². The van der Waals surface area contributed by atoms with Gasteiger partial charge in [0, 0.05) is 11.1 Å². The fraction of sp³-hybridized carbons (Fsp3) is 0.412. The molecule has 2 heterocycles. The Kier molecular flexibility index (Phi) is 6.76. The highest BCUT2D eigenvalue weighted by atomic mass is 32.2. The van der Waals surface area contributed by atoms with Gasteiger partial charge < -0.3 is 5.32 Å². The lowest BCUT2D eigenvalue weighted by atomic mass is 10.2. The molecule has 0 aliphatic carbocycles. The maximum Gasteiger partial charge on any atom is 0.239 e. The number of carbonyl (C=O) groups excluding carboxylic acids is 1. The number of nitrogens with zero attached hydrogens (tertiary/aromatic N) is 3. The molecule has 0 aromatic carbocycles. The predicted octanol–water partition coefficient (Wildman–Crippen LogP) is 4.18. The number of hydrogen-bond acceptors (Lipinski definition) is 6. The molecule has 0 aliphatic rings. The molecule has 2 aromatic heterocycles. The maximum atomic E-state index is 12.5. The topological polar surface area (TPSA) is 78.7 Å². The Hall–Kier alpha value is -1.91. The Morgan fingerprint density at radius 1 is 1.42 bits per heavy atom. The highest BCUT2D eigenvalue weighted by Gasteiger charge is 2.21. The zero-order valence-electron chi connectivity index (χ0n) is 14.0. The van der Waals surface area contributed by atoms with Crippen molar-refractivity contribution < 1.29 is 4.79 Å². The van der Waals surface area contributed by atoms with Crippen LogP contribution in [0.25, 0.3) is 0 Å². The summed E-state index contributed by atoms with van der Waals surface area (Å²) in [5.74, 6) is -0.108. The van der Waals surface area contributed by atoms with E-state index in [2.05, 4.69) is 28.3 Å². The van der Waals surface area contributed by atoms with E-state index in [1.54, 1.807) is 6.07 Å². The number of hydrogen-bond donors (Lipinski definition) is 1. The van der Waals surface area contributed by atoms with Crippen LogP contribution in [0, 0.1) is 18.3 Å². The van der Waals surface area contributed by atoms with Crippen molar-refractivity contribution in [3.05, 3.63) is 34.5 Å². The van der Waals surface area contributed by atoms with Gasteiger partial charge in [0.05, 0.1) is 16.5 Å². The molecule has 5 nitrogen and oxygen atoms in total. The molecule has 0 bridgehead atoms. The molecule has 1 unspecified atom stereocenters. The first-order chi connectivity index (χ1) is 11.6. The van der Waals surface area contributed by atoms with E-state index in [0.29, 0.717) is 22.1 Å². The number of thioether (sulfide) groups is 1. The molecule has 2 aromatic rings. The van der Waals surface area contributed by atoms with Gasteiger partial charge in [-0.3, -0.25) is 4.79 Å². The van der Waals surface area contributed by atoms with Crippen molar-refractivity contribution >= 4 is 34.1 Å². The number of nitriles is 1. The second kappa shape index (κ2) is 8.81. The summed E-state index contributed by atoms with van der Waals surface area (Å²) in [6.07, 6.45) is 2.50. The van der Waals surface area contributed by atoms with Gasteiger partial charge in [-0.25, -0.2) is 9.97 Å². The predicted molar refractivity (Wildman–Crippen MR) is 98.4 cm³/mol. The van der Waals surface area contributed by atoms with E-state index < -0.39 is 0 Å². The molecule has 0 saturated heterocycles. The van der Waals surface area contributed by atoms with Gasteiger partial charge in [0.2, 0.25) is 5.91 Å². The van der Waals surface area contributed by atoms with Crippen LogP contribution >= 0.6 is 23.1 Å². The first-order valence-electron chi connectivity index (χ1n) is 7.87. The smallest absolute Gasteiger partial charge is 0.239 e. The molecule has 7 heteroatoms. The third kappa shape index (κ3) is 4.79. The zero-order chi connectivity index (χ0) is 17.5. The quantitative estimate of drug-likeness (QED) is 0.749. The molecule has 1 atom stereocenters. The molecule has 1 amide bonds. The van der Waals surface area contributed by atoms with E-state index in [9.17, 15) is 10.1 Å². The molecule has 0 radical (unpaired) electrons. The normalized spacial score (nSPS) is 11.8. The lowest BCUT2D eigenvalue weighted by Crippen LogP contribution is -2.24. The van der Waals surface area contributed by atoms with Crippen molar-refractivity contribution in [1.82, 2.24) is 9.97 Å². The fourth-order valence-electron chi connectivity index (χ4n) is 2.10. The van der Waals surface area contributed by atoms with Crippen molar-refractivity contribution in [3.8, 4) is 6.07 Å². The summed E-state index contributed by atoms with van der Waals surface area (Å²) >= 11 is 2.75. The van der Waals surface area contributed by atoms with Crippen molar-refractivity contribution in [2.24, 2.45) is 0 Å². The van der Waals surface area contributed by atoms with Crippen LogP contribution in [0.2, 0.25) is 0 Å². The summed E-state index contributed by atoms with van der Waals surface area (Å²) in [6, 6.07) is 5.83. The molecule has 0 saturated carbocycles. The molecule has 1 N–H and O–H groups in total. The van der Waals surface area contributed by atoms with Crippen LogP contribution in [0.15, 0.2) is 22.5 Å². The number of anilines is 1. The average Bonchev–Trinajstić information content (AvgIpc) is 2.98. The van der Waals surface area contributed by atoms with E-state index in [4.69, 9.17) is 0 Å². The Bertz CT molecular complexity index is 751. The van der Waals surface area contributed by atoms with Gasteiger partial charge in [0.15, 0.2) is 5.13 Å². The van der Waals surface area contributed by atoms with Crippen LogP contribution in [-0.2, 0) is 11.2 Å². The number of thiazole rings is 1. The second-order valence-electron chi connectivity index (χ2n) is 5.32. The molecule has 24 heavy (non-hydrogen) atoms. The number of amides is 1. The Balaban J connectivity index is 2.15. The SMILES string of the molecule is CCCc1ccc(C#N)c(SC(CC)C(=O)Nc2nc(C)cs2)n1. The Morgan fingerprint density at radius 2 is 2.21 bits per heavy atom. The van der Waals surface area contributed by atoms with E-state index in [1.165, 1.54) is 23.1 Å². The van der Waals surface area contributed by atoms with Gasteiger partial charge in [0.25, 0.3) is 0 Å². The minimum atomic E-state index is -0.314. The van der Waals surface area contributed by atoms with E-state index in [1.807, 2.05) is 25.3 Å². The summed E-state index contributed by atoms with van der Waals surface area (Å²) < 4.78 is 0. The van der Waals surface area contributed by atoms with Crippen LogP contribution < -0.4 is 5.32 Å². The number of rotatable bonds is 7. The van der Waals surface area contributed by atoms with Crippen LogP contribution in [0.4, 0.5) is 5.13 Å². The van der Waals surface area contributed by atoms with Crippen molar-refractivity contribution in [3.63, 3.8) is 0 Å². The van der Waals surface area contributed by atoms with Gasteiger partial charge >= 0.3 is 0 Å². The van der Waals surface area contributed by atoms with Crippen LogP contribution in [-0.4, -0.2) is 21.1 Å². The summed E-state index contributed by atoms with van der Waals surface area (Å²) in [6.45, 7) is 5.93. The van der Waals surface area contributed by atoms with E-state index in [0.717, 1.165) is 24.2 Å². The third-order valence-electron chi connectivity index (χ3n) is 3.31. The number of aryl methyl sites for hydroxylation is 2. The molecule has 0 fully saturated rings. The summed E-state index contributed by atoms with van der Waals surface area (Å²) in [4.78, 5) is 21.3. The highest BCUT2D eigenvalue weighted by molar-refractivity contribution is 8.00. The van der Waals surface area contributed by atoms with Crippen LogP contribution in [0.5, 0.6) is 0 Å². The van der Waals surface area contributed by atoms with Gasteiger partial charge in [-0.05, 0) is 31.9 Å².